The van der Waals surface area contributed by atoms with Crippen molar-refractivity contribution in [1.82, 2.24) is 4.90 Å². The minimum absolute atomic E-state index is 0.00319. The first-order chi connectivity index (χ1) is 9.58. The Balaban J connectivity index is 2.06. The van der Waals surface area contributed by atoms with Crippen LogP contribution in [0.5, 0.6) is 0 Å². The molecule has 1 unspecified atom stereocenters. The van der Waals surface area contributed by atoms with Crippen molar-refractivity contribution in [3.05, 3.63) is 34.3 Å². The smallest absolute Gasteiger partial charge is 0.305 e. The number of carbonyl (C=O) groups is 2. The number of hydrogen-bond donors (Lipinski definition) is 1. The largest absolute Gasteiger partial charge is 0.481 e. The molecule has 6 heteroatoms. The molecule has 2 rings (SSSR count). The number of carboxylic acids is 1. The number of carbonyl (C=O) groups excluding carboxylic acids is 1. The lowest BCUT2D eigenvalue weighted by Gasteiger charge is -2.34. The molecule has 1 aliphatic rings. The Hall–Kier alpha value is -1.01. The van der Waals surface area contributed by atoms with Gasteiger partial charge in [-0.15, -0.1) is 0 Å². The fourth-order valence-electron chi connectivity index (χ4n) is 2.26. The summed E-state index contributed by atoms with van der Waals surface area (Å²) in [6.07, 6.45) is 0.330. The molecule has 0 radical (unpaired) electrons. The number of rotatable bonds is 4. The Bertz CT molecular complexity index is 509. The minimum Gasteiger partial charge on any atom is -0.481 e. The van der Waals surface area contributed by atoms with Crippen LogP contribution in [-0.4, -0.2) is 46.0 Å². The van der Waals surface area contributed by atoms with Crippen molar-refractivity contribution in [2.75, 3.05) is 18.1 Å². The maximum Gasteiger partial charge on any atom is 0.305 e. The first-order valence-corrected chi connectivity index (χ1v) is 8.35. The van der Waals surface area contributed by atoms with E-state index in [-0.39, 0.29) is 18.4 Å². The first kappa shape index (κ1) is 15.4. The predicted octanol–water partition coefficient (Wildman–Crippen LogP) is 2.41. The summed E-state index contributed by atoms with van der Waals surface area (Å²) >= 11 is 5.14. The lowest BCUT2D eigenvalue weighted by molar-refractivity contribution is -0.140. The summed E-state index contributed by atoms with van der Waals surface area (Å²) in [7, 11) is 0. The third-order valence-corrected chi connectivity index (χ3v) is 5.12. The van der Waals surface area contributed by atoms with Gasteiger partial charge < -0.3 is 10.0 Å². The molecule has 1 amide bonds. The molecule has 1 atom stereocenters. The van der Waals surface area contributed by atoms with Crippen LogP contribution in [0.1, 0.15) is 12.0 Å². The summed E-state index contributed by atoms with van der Waals surface area (Å²) in [5.74, 6) is 0.728. The number of thioether (sulfide) groups is 1. The van der Waals surface area contributed by atoms with Crippen LogP contribution in [0, 0.1) is 0 Å². The average Bonchev–Trinajstić information content (AvgIpc) is 2.41. The van der Waals surface area contributed by atoms with Crippen molar-refractivity contribution in [2.45, 2.75) is 18.9 Å². The van der Waals surface area contributed by atoms with E-state index in [1.807, 2.05) is 24.3 Å². The third kappa shape index (κ3) is 3.99. The Morgan fingerprint density at radius 3 is 2.85 bits per heavy atom. The first-order valence-electron chi connectivity index (χ1n) is 6.40. The summed E-state index contributed by atoms with van der Waals surface area (Å²) in [5, 5.41) is 8.94. The van der Waals surface area contributed by atoms with E-state index >= 15 is 0 Å². The van der Waals surface area contributed by atoms with Gasteiger partial charge in [0.15, 0.2) is 0 Å². The zero-order chi connectivity index (χ0) is 14.5. The van der Waals surface area contributed by atoms with Crippen molar-refractivity contribution in [1.29, 1.82) is 0 Å². The third-order valence-electron chi connectivity index (χ3n) is 3.26. The van der Waals surface area contributed by atoms with E-state index in [4.69, 9.17) is 5.11 Å². The van der Waals surface area contributed by atoms with Gasteiger partial charge in [0, 0.05) is 22.5 Å². The van der Waals surface area contributed by atoms with Gasteiger partial charge in [-0.05, 0) is 11.6 Å². The molecule has 1 saturated heterocycles. The molecule has 1 aliphatic heterocycles. The maximum absolute atomic E-state index is 12.4. The Kier molecular flexibility index (Phi) is 5.48. The molecule has 0 bridgehead atoms. The number of nitrogens with zero attached hydrogens (tertiary/aromatic N) is 1. The number of amides is 1. The van der Waals surface area contributed by atoms with Gasteiger partial charge in [-0.25, -0.2) is 0 Å². The van der Waals surface area contributed by atoms with E-state index in [1.165, 1.54) is 0 Å². The van der Waals surface area contributed by atoms with Gasteiger partial charge in [0.1, 0.15) is 0 Å². The highest BCUT2D eigenvalue weighted by molar-refractivity contribution is 9.10. The minimum atomic E-state index is -0.851. The van der Waals surface area contributed by atoms with E-state index in [0.29, 0.717) is 18.7 Å². The summed E-state index contributed by atoms with van der Waals surface area (Å²) in [4.78, 5) is 25.0. The highest BCUT2D eigenvalue weighted by Crippen LogP contribution is 2.22. The molecule has 1 aromatic rings. The highest BCUT2D eigenvalue weighted by atomic mass is 79.9. The van der Waals surface area contributed by atoms with Crippen LogP contribution >= 0.6 is 27.7 Å². The van der Waals surface area contributed by atoms with Crippen LogP contribution in [0.3, 0.4) is 0 Å². The second-order valence-corrected chi connectivity index (χ2v) is 6.69. The van der Waals surface area contributed by atoms with E-state index in [1.54, 1.807) is 16.7 Å². The van der Waals surface area contributed by atoms with Crippen molar-refractivity contribution in [2.24, 2.45) is 0 Å². The van der Waals surface area contributed by atoms with Crippen LogP contribution < -0.4 is 0 Å². The van der Waals surface area contributed by atoms with Gasteiger partial charge in [0.2, 0.25) is 5.91 Å². The van der Waals surface area contributed by atoms with Gasteiger partial charge in [0.25, 0.3) is 0 Å². The van der Waals surface area contributed by atoms with Crippen LogP contribution in [0.15, 0.2) is 28.7 Å². The second kappa shape index (κ2) is 7.13. The van der Waals surface area contributed by atoms with Crippen LogP contribution in [-0.2, 0) is 16.0 Å². The summed E-state index contributed by atoms with van der Waals surface area (Å²) in [5.41, 5.74) is 0.935. The van der Waals surface area contributed by atoms with Gasteiger partial charge >= 0.3 is 5.97 Å². The highest BCUT2D eigenvalue weighted by Gasteiger charge is 2.28. The molecular formula is C14H16BrNO3S. The lowest BCUT2D eigenvalue weighted by atomic mass is 10.1. The zero-order valence-corrected chi connectivity index (χ0v) is 13.3. The quantitative estimate of drug-likeness (QED) is 0.898. The van der Waals surface area contributed by atoms with Gasteiger partial charge in [0.05, 0.1) is 18.9 Å². The van der Waals surface area contributed by atoms with Crippen LogP contribution in [0.2, 0.25) is 0 Å². The van der Waals surface area contributed by atoms with E-state index in [2.05, 4.69) is 15.9 Å². The molecule has 20 heavy (non-hydrogen) atoms. The number of hydrogen-bond acceptors (Lipinski definition) is 3. The number of carboxylic acid groups (broad SMARTS) is 1. The monoisotopic (exact) mass is 357 g/mol. The molecule has 1 fully saturated rings. The van der Waals surface area contributed by atoms with Crippen LogP contribution in [0.25, 0.3) is 0 Å². The van der Waals surface area contributed by atoms with Crippen LogP contribution in [0.4, 0.5) is 0 Å². The standard InChI is InChI=1S/C14H16BrNO3S/c15-12-4-2-1-3-10(12)7-13(17)16-5-6-20-9-11(16)8-14(18)19/h1-4,11H,5-9H2,(H,18,19). The van der Waals surface area contributed by atoms with Crippen molar-refractivity contribution >= 4 is 39.6 Å². The van der Waals surface area contributed by atoms with Crippen molar-refractivity contribution in [3.8, 4) is 0 Å². The molecule has 1 N–H and O–H groups in total. The van der Waals surface area contributed by atoms with Gasteiger partial charge in [-0.3, -0.25) is 9.59 Å². The molecule has 1 aromatic carbocycles. The molecule has 0 spiro atoms. The fourth-order valence-corrected chi connectivity index (χ4v) is 3.75. The lowest BCUT2D eigenvalue weighted by Crippen LogP contribution is -2.47. The van der Waals surface area contributed by atoms with Crippen molar-refractivity contribution < 1.29 is 14.7 Å². The fraction of sp³-hybridized carbons (Fsp3) is 0.429. The van der Waals surface area contributed by atoms with E-state index in [0.717, 1.165) is 15.8 Å². The Morgan fingerprint density at radius 2 is 2.15 bits per heavy atom. The topological polar surface area (TPSA) is 57.6 Å². The van der Waals surface area contributed by atoms with E-state index < -0.39 is 5.97 Å². The zero-order valence-electron chi connectivity index (χ0n) is 10.9. The summed E-state index contributed by atoms with van der Waals surface area (Å²) in [6.45, 7) is 0.631. The Morgan fingerprint density at radius 1 is 1.40 bits per heavy atom. The number of aliphatic carboxylic acids is 1. The number of benzene rings is 1. The van der Waals surface area contributed by atoms with Gasteiger partial charge in [-0.2, -0.15) is 11.8 Å². The van der Waals surface area contributed by atoms with Crippen molar-refractivity contribution in [3.63, 3.8) is 0 Å². The maximum atomic E-state index is 12.4. The molecule has 0 aromatic heterocycles. The second-order valence-electron chi connectivity index (χ2n) is 4.68. The average molecular weight is 358 g/mol. The number of halogens is 1. The van der Waals surface area contributed by atoms with Gasteiger partial charge in [-0.1, -0.05) is 34.1 Å². The molecule has 1 heterocycles. The molecule has 0 aliphatic carbocycles. The molecule has 0 saturated carbocycles. The normalized spacial score (nSPS) is 18.9. The molecular weight excluding hydrogens is 342 g/mol. The summed E-state index contributed by atoms with van der Waals surface area (Å²) < 4.78 is 0.912. The molecule has 4 nitrogen and oxygen atoms in total. The predicted molar refractivity (Wildman–Crippen MR) is 82.9 cm³/mol. The Labute approximate surface area is 130 Å². The summed E-state index contributed by atoms with van der Waals surface area (Å²) in [6, 6.07) is 7.43. The van der Waals surface area contributed by atoms with E-state index in [9.17, 15) is 9.59 Å². The SMILES string of the molecule is O=C(O)CC1CSCCN1C(=O)Cc1ccccc1Br. The molecule has 108 valence electrons.